The number of aryl methyl sites for hydroxylation is 1. The summed E-state index contributed by atoms with van der Waals surface area (Å²) in [5.74, 6) is 1.20. The second kappa shape index (κ2) is 7.75. The topological polar surface area (TPSA) is 32.3 Å². The van der Waals surface area contributed by atoms with Crippen molar-refractivity contribution in [3.8, 4) is 0 Å². The van der Waals surface area contributed by atoms with Gasteiger partial charge in [0.1, 0.15) is 0 Å². The van der Waals surface area contributed by atoms with Gasteiger partial charge in [-0.05, 0) is 42.2 Å². The number of hydrogen-bond donors (Lipinski definition) is 1. The van der Waals surface area contributed by atoms with Gasteiger partial charge in [0.2, 0.25) is 5.91 Å². The largest absolute Gasteiger partial charge is 0.378 e. The van der Waals surface area contributed by atoms with E-state index in [9.17, 15) is 4.79 Å². The second-order valence-corrected chi connectivity index (χ2v) is 7.49. The number of amides is 1. The number of benzene rings is 2. The van der Waals surface area contributed by atoms with Gasteiger partial charge in [0.25, 0.3) is 0 Å². The molecule has 126 valence electrons. The van der Waals surface area contributed by atoms with Crippen molar-refractivity contribution in [2.75, 3.05) is 24.7 Å². The van der Waals surface area contributed by atoms with Gasteiger partial charge in [-0.2, -0.15) is 0 Å². The molecule has 1 atom stereocenters. The molecule has 2 aromatic rings. The van der Waals surface area contributed by atoms with Gasteiger partial charge in [0, 0.05) is 36.9 Å². The normalized spacial score (nSPS) is 16.3. The van der Waals surface area contributed by atoms with E-state index < -0.39 is 0 Å². The van der Waals surface area contributed by atoms with Crippen molar-refractivity contribution >= 4 is 23.4 Å². The molecule has 1 unspecified atom stereocenters. The molecule has 0 fully saturated rings. The van der Waals surface area contributed by atoms with Crippen LogP contribution >= 0.6 is 11.8 Å². The van der Waals surface area contributed by atoms with Crippen LogP contribution in [0.5, 0.6) is 0 Å². The molecule has 0 bridgehead atoms. The third-order valence-electron chi connectivity index (χ3n) is 4.39. The average molecular weight is 340 g/mol. The molecule has 0 spiro atoms. The first-order chi connectivity index (χ1) is 11.6. The highest BCUT2D eigenvalue weighted by atomic mass is 32.2. The number of fused-ring (bicyclic) bond motifs is 1. The Bertz CT molecular complexity index is 697. The maximum atomic E-state index is 12.3. The number of nitrogens with zero attached hydrogens (tertiary/aromatic N) is 1. The summed E-state index contributed by atoms with van der Waals surface area (Å²) in [4.78, 5) is 15.7. The van der Waals surface area contributed by atoms with Crippen molar-refractivity contribution in [3.63, 3.8) is 0 Å². The van der Waals surface area contributed by atoms with Crippen molar-refractivity contribution in [2.45, 2.75) is 30.2 Å². The molecule has 1 amide bonds. The van der Waals surface area contributed by atoms with Gasteiger partial charge < -0.3 is 10.2 Å². The Hall–Kier alpha value is -1.94. The Labute approximate surface area is 148 Å². The predicted molar refractivity (Wildman–Crippen MR) is 102 cm³/mol. The molecule has 3 rings (SSSR count). The van der Waals surface area contributed by atoms with Crippen molar-refractivity contribution in [1.82, 2.24) is 5.32 Å². The zero-order valence-corrected chi connectivity index (χ0v) is 15.1. The predicted octanol–water partition coefficient (Wildman–Crippen LogP) is 4.04. The van der Waals surface area contributed by atoms with Crippen LogP contribution in [0, 0.1) is 0 Å². The molecule has 3 nitrogen and oxygen atoms in total. The fraction of sp³-hybridized carbons (Fsp3) is 0.350. The van der Waals surface area contributed by atoms with Gasteiger partial charge in [0.05, 0.1) is 6.04 Å². The summed E-state index contributed by atoms with van der Waals surface area (Å²) in [5.41, 5.74) is 3.65. The van der Waals surface area contributed by atoms with Crippen molar-refractivity contribution in [1.29, 1.82) is 0 Å². The maximum absolute atomic E-state index is 12.3. The van der Waals surface area contributed by atoms with E-state index in [1.54, 1.807) is 0 Å². The smallest absolute Gasteiger partial charge is 0.220 e. The minimum atomic E-state index is 0.137. The minimum Gasteiger partial charge on any atom is -0.378 e. The molecule has 2 aromatic carbocycles. The minimum absolute atomic E-state index is 0.137. The van der Waals surface area contributed by atoms with Gasteiger partial charge in [-0.15, -0.1) is 11.8 Å². The molecule has 1 aliphatic rings. The van der Waals surface area contributed by atoms with Crippen LogP contribution in [0.25, 0.3) is 0 Å². The highest BCUT2D eigenvalue weighted by Crippen LogP contribution is 2.35. The van der Waals surface area contributed by atoms with Gasteiger partial charge in [-0.1, -0.05) is 30.3 Å². The first-order valence-corrected chi connectivity index (χ1v) is 9.39. The summed E-state index contributed by atoms with van der Waals surface area (Å²) in [6.45, 7) is 0. The van der Waals surface area contributed by atoms with E-state index in [0.717, 1.165) is 18.6 Å². The Kier molecular flexibility index (Phi) is 5.46. The molecule has 1 N–H and O–H groups in total. The summed E-state index contributed by atoms with van der Waals surface area (Å²) in [5, 5.41) is 3.21. The summed E-state index contributed by atoms with van der Waals surface area (Å²) < 4.78 is 0. The fourth-order valence-electron chi connectivity index (χ4n) is 2.98. The van der Waals surface area contributed by atoms with E-state index in [2.05, 4.69) is 58.7 Å². The molecule has 1 heterocycles. The summed E-state index contributed by atoms with van der Waals surface area (Å²) in [7, 11) is 4.06. The van der Waals surface area contributed by atoms with E-state index in [-0.39, 0.29) is 11.9 Å². The first-order valence-electron chi connectivity index (χ1n) is 8.41. The molecule has 0 aliphatic carbocycles. The first kappa shape index (κ1) is 16.9. The van der Waals surface area contributed by atoms with Crippen LogP contribution in [0.4, 0.5) is 5.69 Å². The van der Waals surface area contributed by atoms with Gasteiger partial charge in [0.15, 0.2) is 0 Å². The number of carbonyl (C=O) groups is 1. The molecule has 0 aromatic heterocycles. The lowest BCUT2D eigenvalue weighted by Gasteiger charge is -2.25. The van der Waals surface area contributed by atoms with E-state index in [0.29, 0.717) is 6.42 Å². The number of anilines is 1. The molecule has 4 heteroatoms. The Balaban J connectivity index is 1.55. The third-order valence-corrected chi connectivity index (χ3v) is 5.51. The van der Waals surface area contributed by atoms with Crippen LogP contribution in [0.2, 0.25) is 0 Å². The molecular weight excluding hydrogens is 316 g/mol. The van der Waals surface area contributed by atoms with Crippen molar-refractivity contribution < 1.29 is 4.79 Å². The molecule has 0 saturated carbocycles. The lowest BCUT2D eigenvalue weighted by atomic mass is 10.0. The van der Waals surface area contributed by atoms with Crippen LogP contribution in [0.1, 0.15) is 30.0 Å². The van der Waals surface area contributed by atoms with Gasteiger partial charge in [-0.25, -0.2) is 0 Å². The second-order valence-electron chi connectivity index (χ2n) is 6.36. The molecule has 0 radical (unpaired) electrons. The lowest BCUT2D eigenvalue weighted by molar-refractivity contribution is -0.121. The summed E-state index contributed by atoms with van der Waals surface area (Å²) >= 11 is 1.88. The fourth-order valence-corrected chi connectivity index (χ4v) is 4.10. The van der Waals surface area contributed by atoms with Crippen LogP contribution < -0.4 is 10.2 Å². The average Bonchev–Trinajstić information content (AvgIpc) is 2.61. The van der Waals surface area contributed by atoms with Gasteiger partial charge >= 0.3 is 0 Å². The zero-order chi connectivity index (χ0) is 16.9. The highest BCUT2D eigenvalue weighted by molar-refractivity contribution is 7.99. The Morgan fingerprint density at radius 1 is 1.17 bits per heavy atom. The molecule has 1 aliphatic heterocycles. The van der Waals surface area contributed by atoms with Crippen molar-refractivity contribution in [2.24, 2.45) is 0 Å². The summed E-state index contributed by atoms with van der Waals surface area (Å²) in [6.07, 6.45) is 2.32. The Morgan fingerprint density at radius 3 is 2.67 bits per heavy atom. The highest BCUT2D eigenvalue weighted by Gasteiger charge is 2.21. The van der Waals surface area contributed by atoms with Crippen LogP contribution in [-0.4, -0.2) is 25.8 Å². The molecule has 24 heavy (non-hydrogen) atoms. The molecule has 0 saturated heterocycles. The number of nitrogens with one attached hydrogen (secondary N) is 1. The van der Waals surface area contributed by atoms with Crippen LogP contribution in [0.3, 0.4) is 0 Å². The standard InChI is InChI=1S/C20H24N2OS/c1-22(2)16-10-7-15(8-11-16)9-12-20(23)21-18-13-14-24-19-6-4-3-5-17(18)19/h3-8,10-11,18H,9,12-14H2,1-2H3,(H,21,23). The Morgan fingerprint density at radius 2 is 1.92 bits per heavy atom. The van der Waals surface area contributed by atoms with E-state index in [1.165, 1.54) is 21.7 Å². The maximum Gasteiger partial charge on any atom is 0.220 e. The zero-order valence-electron chi connectivity index (χ0n) is 14.3. The third kappa shape index (κ3) is 4.12. The van der Waals surface area contributed by atoms with E-state index >= 15 is 0 Å². The molecular formula is C20H24N2OS. The van der Waals surface area contributed by atoms with Gasteiger partial charge in [-0.3, -0.25) is 4.79 Å². The van der Waals surface area contributed by atoms with E-state index in [1.807, 2.05) is 25.9 Å². The van der Waals surface area contributed by atoms with E-state index in [4.69, 9.17) is 0 Å². The lowest BCUT2D eigenvalue weighted by Crippen LogP contribution is -2.30. The number of rotatable bonds is 5. The summed E-state index contributed by atoms with van der Waals surface area (Å²) in [6, 6.07) is 17.0. The van der Waals surface area contributed by atoms with Crippen LogP contribution in [0.15, 0.2) is 53.4 Å². The monoisotopic (exact) mass is 340 g/mol. The number of carbonyl (C=O) groups excluding carboxylic acids is 1. The van der Waals surface area contributed by atoms with Crippen molar-refractivity contribution in [3.05, 3.63) is 59.7 Å². The number of hydrogen-bond acceptors (Lipinski definition) is 3. The number of thioether (sulfide) groups is 1. The quantitative estimate of drug-likeness (QED) is 0.891. The SMILES string of the molecule is CN(C)c1ccc(CCC(=O)NC2CCSc3ccccc32)cc1. The van der Waals surface area contributed by atoms with Crippen LogP contribution in [-0.2, 0) is 11.2 Å².